The van der Waals surface area contributed by atoms with Crippen LogP contribution < -0.4 is 0 Å². The molecule has 2 rings (SSSR count). The van der Waals surface area contributed by atoms with Crippen LogP contribution in [-0.4, -0.2) is 39.7 Å². The lowest BCUT2D eigenvalue weighted by atomic mass is 10.0. The molecule has 1 aromatic rings. The minimum absolute atomic E-state index is 0.250. The van der Waals surface area contributed by atoms with Crippen LogP contribution in [0.1, 0.15) is 31.4 Å². The minimum Gasteiger partial charge on any atom is -0.396 e. The van der Waals surface area contributed by atoms with E-state index in [4.69, 9.17) is 4.74 Å². The summed E-state index contributed by atoms with van der Waals surface area (Å²) in [7, 11) is 1.73. The summed E-state index contributed by atoms with van der Waals surface area (Å²) in [6.45, 7) is 3.17. The van der Waals surface area contributed by atoms with E-state index >= 15 is 0 Å². The number of aliphatic hydroxyl groups is 1. The maximum atomic E-state index is 9.23. The molecule has 0 aliphatic carbocycles. The van der Waals surface area contributed by atoms with E-state index in [1.807, 2.05) is 0 Å². The van der Waals surface area contributed by atoms with Crippen molar-refractivity contribution < 1.29 is 9.84 Å². The summed E-state index contributed by atoms with van der Waals surface area (Å²) >= 11 is 0. The summed E-state index contributed by atoms with van der Waals surface area (Å²) in [5, 5.41) is 17.7. The molecule has 0 aromatic carbocycles. The van der Waals surface area contributed by atoms with Gasteiger partial charge in [0.1, 0.15) is 11.6 Å². The molecule has 1 aromatic heterocycles. The summed E-state index contributed by atoms with van der Waals surface area (Å²) in [4.78, 5) is 0. The van der Waals surface area contributed by atoms with Gasteiger partial charge < -0.3 is 14.4 Å². The van der Waals surface area contributed by atoms with Crippen molar-refractivity contribution >= 4 is 0 Å². The summed E-state index contributed by atoms with van der Waals surface area (Å²) < 4.78 is 7.41. The number of fused-ring (bicyclic) bond motifs is 1. The zero-order valence-corrected chi connectivity index (χ0v) is 10.6. The molecular weight excluding hydrogens is 218 g/mol. The van der Waals surface area contributed by atoms with Crippen molar-refractivity contribution in [1.29, 1.82) is 0 Å². The van der Waals surface area contributed by atoms with Crippen LogP contribution in [0, 0.1) is 5.92 Å². The molecule has 2 unspecified atom stereocenters. The molecule has 1 aliphatic rings. The smallest absolute Gasteiger partial charge is 0.133 e. The van der Waals surface area contributed by atoms with Gasteiger partial charge in [-0.15, -0.1) is 10.2 Å². The summed E-state index contributed by atoms with van der Waals surface area (Å²) in [6.07, 6.45) is 4.04. The van der Waals surface area contributed by atoms with Gasteiger partial charge in [-0.1, -0.05) is 0 Å². The topological polar surface area (TPSA) is 60.2 Å². The molecule has 0 bridgehead atoms. The fourth-order valence-corrected chi connectivity index (χ4v) is 2.23. The van der Waals surface area contributed by atoms with Gasteiger partial charge in [0.15, 0.2) is 0 Å². The first kappa shape index (κ1) is 12.5. The Morgan fingerprint density at radius 3 is 3.06 bits per heavy atom. The quantitative estimate of drug-likeness (QED) is 0.825. The van der Waals surface area contributed by atoms with E-state index in [1.54, 1.807) is 7.11 Å². The molecule has 17 heavy (non-hydrogen) atoms. The lowest BCUT2D eigenvalue weighted by Gasteiger charge is -2.22. The molecule has 1 N–H and O–H groups in total. The molecule has 0 radical (unpaired) electrons. The average Bonchev–Trinajstić information content (AvgIpc) is 2.78. The number of hydrogen-bond acceptors (Lipinski definition) is 4. The molecule has 0 amide bonds. The van der Waals surface area contributed by atoms with Gasteiger partial charge in [-0.3, -0.25) is 0 Å². The molecule has 5 heteroatoms. The maximum absolute atomic E-state index is 9.23. The molecule has 2 heterocycles. The Morgan fingerprint density at radius 1 is 1.53 bits per heavy atom. The number of aryl methyl sites for hydroxylation is 2. The maximum Gasteiger partial charge on any atom is 0.133 e. The monoisotopic (exact) mass is 239 g/mol. The van der Waals surface area contributed by atoms with Crippen LogP contribution in [0.3, 0.4) is 0 Å². The first-order valence-corrected chi connectivity index (χ1v) is 6.29. The molecule has 0 saturated carbocycles. The van der Waals surface area contributed by atoms with Gasteiger partial charge in [-0.25, -0.2) is 0 Å². The zero-order chi connectivity index (χ0) is 12.3. The molecule has 0 saturated heterocycles. The van der Waals surface area contributed by atoms with E-state index in [0.717, 1.165) is 43.9 Å². The van der Waals surface area contributed by atoms with Crippen molar-refractivity contribution in [3.63, 3.8) is 0 Å². The molecule has 2 atom stereocenters. The van der Waals surface area contributed by atoms with Crippen molar-refractivity contribution in [3.8, 4) is 0 Å². The van der Waals surface area contributed by atoms with E-state index in [2.05, 4.69) is 21.7 Å². The van der Waals surface area contributed by atoms with Crippen molar-refractivity contribution in [2.24, 2.45) is 5.92 Å². The van der Waals surface area contributed by atoms with Gasteiger partial charge >= 0.3 is 0 Å². The molecule has 96 valence electrons. The second-order valence-corrected chi connectivity index (χ2v) is 4.82. The first-order chi connectivity index (χ1) is 8.24. The van der Waals surface area contributed by atoms with Gasteiger partial charge in [0.2, 0.25) is 0 Å². The third-order valence-corrected chi connectivity index (χ3v) is 3.56. The predicted molar refractivity (Wildman–Crippen MR) is 63.7 cm³/mol. The first-order valence-electron chi connectivity index (χ1n) is 6.29. The second-order valence-electron chi connectivity index (χ2n) is 4.82. The Balaban J connectivity index is 2.02. The SMILES string of the molecule is COC(C)CCc1nnc2n1CC(CO)CC2. The van der Waals surface area contributed by atoms with Crippen molar-refractivity contribution in [3.05, 3.63) is 11.6 Å². The lowest BCUT2D eigenvalue weighted by molar-refractivity contribution is 0.110. The molecule has 5 nitrogen and oxygen atoms in total. The van der Waals surface area contributed by atoms with Crippen molar-refractivity contribution in [2.75, 3.05) is 13.7 Å². The number of rotatable bonds is 5. The van der Waals surface area contributed by atoms with E-state index < -0.39 is 0 Å². The highest BCUT2D eigenvalue weighted by molar-refractivity contribution is 5.00. The molecule has 1 aliphatic heterocycles. The highest BCUT2D eigenvalue weighted by Crippen LogP contribution is 2.20. The van der Waals surface area contributed by atoms with Gasteiger partial charge in [0, 0.05) is 39.0 Å². The fourth-order valence-electron chi connectivity index (χ4n) is 2.23. The number of aromatic nitrogens is 3. The molecule has 0 fully saturated rings. The zero-order valence-electron chi connectivity index (χ0n) is 10.6. The largest absolute Gasteiger partial charge is 0.396 e. The van der Waals surface area contributed by atoms with Gasteiger partial charge in [0.05, 0.1) is 6.10 Å². The lowest BCUT2D eigenvalue weighted by Crippen LogP contribution is -2.24. The van der Waals surface area contributed by atoms with Crippen LogP contribution in [0.4, 0.5) is 0 Å². The number of ether oxygens (including phenoxy) is 1. The third-order valence-electron chi connectivity index (χ3n) is 3.56. The minimum atomic E-state index is 0.250. The predicted octanol–water partition coefficient (Wildman–Crippen LogP) is 0.800. The summed E-state index contributed by atoms with van der Waals surface area (Å²) in [5.74, 6) is 2.45. The van der Waals surface area contributed by atoms with E-state index in [-0.39, 0.29) is 12.7 Å². The Bertz CT molecular complexity index is 365. The van der Waals surface area contributed by atoms with Gasteiger partial charge in [-0.05, 0) is 19.8 Å². The van der Waals surface area contributed by atoms with Crippen molar-refractivity contribution in [2.45, 2.75) is 45.3 Å². The Morgan fingerprint density at radius 2 is 2.35 bits per heavy atom. The second kappa shape index (κ2) is 5.60. The number of nitrogens with zero attached hydrogens (tertiary/aromatic N) is 3. The molecule has 0 spiro atoms. The summed E-state index contributed by atoms with van der Waals surface area (Å²) in [6, 6.07) is 0. The normalized spacial score (nSPS) is 21.2. The van der Waals surface area contributed by atoms with Gasteiger partial charge in [-0.2, -0.15) is 0 Å². The number of hydrogen-bond donors (Lipinski definition) is 1. The highest BCUT2D eigenvalue weighted by Gasteiger charge is 2.22. The Hall–Kier alpha value is -0.940. The number of methoxy groups -OCH3 is 1. The van der Waals surface area contributed by atoms with Crippen LogP contribution in [0.25, 0.3) is 0 Å². The van der Waals surface area contributed by atoms with Crippen LogP contribution in [0.5, 0.6) is 0 Å². The van der Waals surface area contributed by atoms with E-state index in [9.17, 15) is 5.11 Å². The van der Waals surface area contributed by atoms with E-state index in [1.165, 1.54) is 0 Å². The Labute approximate surface area is 102 Å². The van der Waals surface area contributed by atoms with E-state index in [0.29, 0.717) is 5.92 Å². The standard InChI is InChI=1S/C12H21N3O2/c1-9(17-2)3-5-11-13-14-12-6-4-10(8-16)7-15(11)12/h9-10,16H,3-8H2,1-2H3. The summed E-state index contributed by atoms with van der Waals surface area (Å²) in [5.41, 5.74) is 0. The third kappa shape index (κ3) is 2.84. The molecular formula is C12H21N3O2. The number of aliphatic hydroxyl groups excluding tert-OH is 1. The van der Waals surface area contributed by atoms with Crippen LogP contribution in [0.2, 0.25) is 0 Å². The fraction of sp³-hybridized carbons (Fsp3) is 0.833. The highest BCUT2D eigenvalue weighted by atomic mass is 16.5. The van der Waals surface area contributed by atoms with Crippen LogP contribution in [0.15, 0.2) is 0 Å². The Kier molecular flexibility index (Phi) is 4.12. The van der Waals surface area contributed by atoms with Crippen LogP contribution >= 0.6 is 0 Å². The van der Waals surface area contributed by atoms with Crippen LogP contribution in [-0.2, 0) is 24.1 Å². The van der Waals surface area contributed by atoms with Crippen molar-refractivity contribution in [1.82, 2.24) is 14.8 Å². The average molecular weight is 239 g/mol. The van der Waals surface area contributed by atoms with Gasteiger partial charge in [0.25, 0.3) is 0 Å².